The molecule has 0 fully saturated rings. The molecule has 0 aliphatic carbocycles. The minimum Gasteiger partial charge on any atom is -0.452 e. The van der Waals surface area contributed by atoms with Crippen LogP contribution in [0.3, 0.4) is 0 Å². The van der Waals surface area contributed by atoms with Crippen molar-refractivity contribution in [2.45, 2.75) is 26.8 Å². The molecule has 2 rings (SSSR count). The summed E-state index contributed by atoms with van der Waals surface area (Å²) in [5, 5.41) is 3.38. The second kappa shape index (κ2) is 6.79. The number of anilines is 2. The number of nitrogens with one attached hydrogen (secondary N) is 1. The van der Waals surface area contributed by atoms with Gasteiger partial charge in [0.25, 0.3) is 0 Å². The molecule has 0 aliphatic heterocycles. The van der Waals surface area contributed by atoms with Gasteiger partial charge in [0.2, 0.25) is 0 Å². The van der Waals surface area contributed by atoms with E-state index in [0.29, 0.717) is 0 Å². The van der Waals surface area contributed by atoms with Crippen LogP contribution in [0.15, 0.2) is 39.5 Å². The Morgan fingerprint density at radius 1 is 1.25 bits per heavy atom. The van der Waals surface area contributed by atoms with Crippen molar-refractivity contribution >= 4 is 27.4 Å². The summed E-state index contributed by atoms with van der Waals surface area (Å²) >= 11 is 3.31. The van der Waals surface area contributed by atoms with Crippen LogP contribution in [-0.4, -0.2) is 18.1 Å². The number of pyridine rings is 1. The first-order valence-corrected chi connectivity index (χ1v) is 7.66. The fourth-order valence-corrected chi connectivity index (χ4v) is 2.41. The lowest BCUT2D eigenvalue weighted by molar-refractivity contribution is 0.471. The first-order valence-electron chi connectivity index (χ1n) is 6.86. The van der Waals surface area contributed by atoms with Gasteiger partial charge in [-0.2, -0.15) is 0 Å². The maximum absolute atomic E-state index is 5.54. The molecule has 5 heteroatoms. The van der Waals surface area contributed by atoms with E-state index < -0.39 is 0 Å². The van der Waals surface area contributed by atoms with Crippen LogP contribution >= 0.6 is 15.9 Å². The Kier molecular flexibility index (Phi) is 5.06. The Morgan fingerprint density at radius 2 is 2.00 bits per heavy atom. The zero-order valence-electron chi connectivity index (χ0n) is 12.1. The van der Waals surface area contributed by atoms with Gasteiger partial charge in [0.1, 0.15) is 11.6 Å². The van der Waals surface area contributed by atoms with Gasteiger partial charge in [-0.05, 0) is 61.0 Å². The number of hydrogen-bond acceptors (Lipinski definition) is 4. The third-order valence-electron chi connectivity index (χ3n) is 3.24. The van der Waals surface area contributed by atoms with Crippen molar-refractivity contribution in [3.63, 3.8) is 0 Å². The van der Waals surface area contributed by atoms with Crippen molar-refractivity contribution in [1.82, 2.24) is 4.98 Å². The molecule has 2 aromatic heterocycles. The Bertz CT molecular complexity index is 534. The predicted octanol–water partition coefficient (Wildman–Crippen LogP) is 4.46. The molecule has 2 aromatic rings. The lowest BCUT2D eigenvalue weighted by atomic mass is 10.2. The van der Waals surface area contributed by atoms with Gasteiger partial charge in [-0.15, -0.1) is 0 Å². The van der Waals surface area contributed by atoms with Crippen molar-refractivity contribution in [2.24, 2.45) is 0 Å². The molecule has 108 valence electrons. The maximum Gasteiger partial charge on any atom is 0.169 e. The minimum absolute atomic E-state index is 0.0994. The lowest BCUT2D eigenvalue weighted by Crippen LogP contribution is -2.22. The Balaban J connectivity index is 2.03. The average molecular weight is 338 g/mol. The highest BCUT2D eigenvalue weighted by atomic mass is 79.9. The van der Waals surface area contributed by atoms with Crippen molar-refractivity contribution in [3.8, 4) is 0 Å². The van der Waals surface area contributed by atoms with Crippen LogP contribution in [0.4, 0.5) is 11.5 Å². The van der Waals surface area contributed by atoms with Gasteiger partial charge in [-0.25, -0.2) is 4.98 Å². The summed E-state index contributed by atoms with van der Waals surface area (Å²) in [5.74, 6) is 1.90. The van der Waals surface area contributed by atoms with Crippen LogP contribution < -0.4 is 10.2 Å². The monoisotopic (exact) mass is 337 g/mol. The van der Waals surface area contributed by atoms with E-state index in [1.807, 2.05) is 24.4 Å². The van der Waals surface area contributed by atoms with Gasteiger partial charge in [-0.1, -0.05) is 0 Å². The van der Waals surface area contributed by atoms with Crippen molar-refractivity contribution in [2.75, 3.05) is 23.3 Å². The van der Waals surface area contributed by atoms with Crippen LogP contribution in [0.2, 0.25) is 0 Å². The van der Waals surface area contributed by atoms with Crippen molar-refractivity contribution in [3.05, 3.63) is 40.9 Å². The summed E-state index contributed by atoms with van der Waals surface area (Å²) in [4.78, 5) is 6.72. The summed E-state index contributed by atoms with van der Waals surface area (Å²) in [5.41, 5.74) is 0.987. The first kappa shape index (κ1) is 14.9. The van der Waals surface area contributed by atoms with E-state index >= 15 is 0 Å². The largest absolute Gasteiger partial charge is 0.452 e. The molecule has 0 spiro atoms. The number of furan rings is 1. The fraction of sp³-hybridized carbons (Fsp3) is 0.400. The van der Waals surface area contributed by atoms with Gasteiger partial charge in [0, 0.05) is 13.1 Å². The Hall–Kier alpha value is -1.49. The van der Waals surface area contributed by atoms with E-state index in [-0.39, 0.29) is 6.04 Å². The maximum atomic E-state index is 5.54. The summed E-state index contributed by atoms with van der Waals surface area (Å²) in [6.07, 6.45) is 1.86. The van der Waals surface area contributed by atoms with E-state index in [0.717, 1.165) is 35.0 Å². The second-order valence-electron chi connectivity index (χ2n) is 4.59. The standard InChI is InChI=1S/C15H20BrN3O/c1-4-19(5-2)15-9-6-12(10-17-15)18-11(3)13-7-8-14(16)20-13/h6-11,18H,4-5H2,1-3H3. The summed E-state index contributed by atoms with van der Waals surface area (Å²) in [6, 6.07) is 8.05. The van der Waals surface area contributed by atoms with Gasteiger partial charge >= 0.3 is 0 Å². The molecule has 0 radical (unpaired) electrons. The predicted molar refractivity (Wildman–Crippen MR) is 86.2 cm³/mol. The number of nitrogens with zero attached hydrogens (tertiary/aromatic N) is 2. The van der Waals surface area contributed by atoms with Crippen molar-refractivity contribution < 1.29 is 4.42 Å². The second-order valence-corrected chi connectivity index (χ2v) is 5.37. The van der Waals surface area contributed by atoms with Crippen LogP contribution in [0.25, 0.3) is 0 Å². The molecule has 4 nitrogen and oxygen atoms in total. The summed E-state index contributed by atoms with van der Waals surface area (Å²) in [6.45, 7) is 8.26. The Morgan fingerprint density at radius 3 is 2.50 bits per heavy atom. The van der Waals surface area contributed by atoms with Gasteiger partial charge in [0.15, 0.2) is 4.67 Å². The lowest BCUT2D eigenvalue weighted by Gasteiger charge is -2.20. The van der Waals surface area contributed by atoms with E-state index in [9.17, 15) is 0 Å². The zero-order chi connectivity index (χ0) is 14.5. The van der Waals surface area contributed by atoms with E-state index in [4.69, 9.17) is 4.42 Å². The van der Waals surface area contributed by atoms with Crippen LogP contribution in [0, 0.1) is 0 Å². The minimum atomic E-state index is 0.0994. The molecule has 0 aliphatic rings. The van der Waals surface area contributed by atoms with Crippen molar-refractivity contribution in [1.29, 1.82) is 0 Å². The third-order valence-corrected chi connectivity index (χ3v) is 3.67. The molecular formula is C15H20BrN3O. The topological polar surface area (TPSA) is 41.3 Å². The highest BCUT2D eigenvalue weighted by Gasteiger charge is 2.10. The zero-order valence-corrected chi connectivity index (χ0v) is 13.6. The number of aromatic nitrogens is 1. The molecule has 0 amide bonds. The molecule has 1 atom stereocenters. The van der Waals surface area contributed by atoms with Gasteiger partial charge < -0.3 is 14.6 Å². The summed E-state index contributed by atoms with van der Waals surface area (Å²) in [7, 11) is 0. The van der Waals surface area contributed by atoms with E-state index in [1.165, 1.54) is 0 Å². The highest BCUT2D eigenvalue weighted by Crippen LogP contribution is 2.24. The molecule has 1 unspecified atom stereocenters. The number of hydrogen-bond donors (Lipinski definition) is 1. The first-order chi connectivity index (χ1) is 9.63. The van der Waals surface area contributed by atoms with Gasteiger partial charge in [0.05, 0.1) is 17.9 Å². The third kappa shape index (κ3) is 3.54. The van der Waals surface area contributed by atoms with Gasteiger partial charge in [-0.3, -0.25) is 0 Å². The number of rotatable bonds is 6. The molecule has 0 bridgehead atoms. The van der Waals surface area contributed by atoms with E-state index in [2.05, 4.69) is 58.0 Å². The molecule has 2 heterocycles. The fourth-order valence-electron chi connectivity index (χ4n) is 2.09. The average Bonchev–Trinajstić information content (AvgIpc) is 2.89. The molecule has 0 aromatic carbocycles. The van der Waals surface area contributed by atoms with E-state index in [1.54, 1.807) is 0 Å². The molecule has 0 saturated heterocycles. The highest BCUT2D eigenvalue weighted by molar-refractivity contribution is 9.10. The molecule has 1 N–H and O–H groups in total. The van der Waals surface area contributed by atoms with Crippen LogP contribution in [-0.2, 0) is 0 Å². The molecular weight excluding hydrogens is 318 g/mol. The van der Waals surface area contributed by atoms with Crippen LogP contribution in [0.5, 0.6) is 0 Å². The molecule has 20 heavy (non-hydrogen) atoms. The summed E-state index contributed by atoms with van der Waals surface area (Å²) < 4.78 is 6.29. The smallest absolute Gasteiger partial charge is 0.169 e. The Labute approximate surface area is 128 Å². The quantitative estimate of drug-likeness (QED) is 0.844. The molecule has 0 saturated carbocycles. The normalized spacial score (nSPS) is 12.2. The number of halogens is 1. The van der Waals surface area contributed by atoms with Crippen LogP contribution in [0.1, 0.15) is 32.6 Å². The SMILES string of the molecule is CCN(CC)c1ccc(NC(C)c2ccc(Br)o2)cn1.